The van der Waals surface area contributed by atoms with Crippen LogP contribution in [-0.4, -0.2) is 14.5 Å². The third-order valence-electron chi connectivity index (χ3n) is 10.7. The van der Waals surface area contributed by atoms with E-state index in [1.165, 1.54) is 106 Å². The van der Waals surface area contributed by atoms with Gasteiger partial charge in [0, 0.05) is 0 Å². The molecule has 0 atom stereocenters. The van der Waals surface area contributed by atoms with E-state index in [1.807, 2.05) is 11.3 Å². The van der Waals surface area contributed by atoms with Crippen LogP contribution in [0.15, 0.2) is 181 Å². The van der Waals surface area contributed by atoms with Gasteiger partial charge in [-0.3, -0.25) is 0 Å². The van der Waals surface area contributed by atoms with Crippen LogP contribution in [0.5, 0.6) is 0 Å². The fourth-order valence-corrected chi connectivity index (χ4v) is 11.8. The van der Waals surface area contributed by atoms with Gasteiger partial charge in [0.05, 0.1) is 0 Å². The number of fused-ring (bicyclic) bond motifs is 7. The van der Waals surface area contributed by atoms with E-state index in [-0.39, 0.29) is 14.5 Å². The second-order valence-electron chi connectivity index (χ2n) is 13.5. The van der Waals surface area contributed by atoms with Gasteiger partial charge in [-0.2, -0.15) is 0 Å². The van der Waals surface area contributed by atoms with Crippen molar-refractivity contribution in [3.05, 3.63) is 181 Å². The Balaban J connectivity index is 1.23. The zero-order valence-electron chi connectivity index (χ0n) is 28.1. The van der Waals surface area contributed by atoms with Crippen molar-refractivity contribution in [2.45, 2.75) is 0 Å². The fourth-order valence-electron chi connectivity index (χ4n) is 8.65. The molecule has 0 aliphatic carbocycles. The van der Waals surface area contributed by atoms with Crippen LogP contribution >= 0.6 is 11.3 Å². The first-order chi connectivity index (χ1) is 25.8. The summed E-state index contributed by atoms with van der Waals surface area (Å²) in [7, 11) is 0. The van der Waals surface area contributed by atoms with Crippen molar-refractivity contribution >= 4 is 88.2 Å². The van der Waals surface area contributed by atoms with Crippen molar-refractivity contribution in [1.82, 2.24) is 0 Å². The average Bonchev–Trinajstić information content (AvgIpc) is 3.88. The van der Waals surface area contributed by atoms with Crippen molar-refractivity contribution < 1.29 is 0 Å². The van der Waals surface area contributed by atoms with Crippen LogP contribution in [-0.2, 0) is 0 Å². The number of benzene rings is 9. The quantitative estimate of drug-likeness (QED) is 0.124. The topological polar surface area (TPSA) is 0 Å². The Bertz CT molecular complexity index is 3050. The summed E-state index contributed by atoms with van der Waals surface area (Å²) in [6.45, 7) is 0. The third kappa shape index (κ3) is 4.46. The molecule has 0 fully saturated rings. The van der Waals surface area contributed by atoms with Crippen LogP contribution < -0.4 is 0 Å². The number of rotatable bonds is 4. The van der Waals surface area contributed by atoms with Gasteiger partial charge in [-0.15, -0.1) is 0 Å². The van der Waals surface area contributed by atoms with E-state index in [9.17, 15) is 0 Å². The minimum atomic E-state index is 0.225. The van der Waals surface area contributed by atoms with Crippen LogP contribution in [0.3, 0.4) is 0 Å². The van der Waals surface area contributed by atoms with Crippen LogP contribution in [0.1, 0.15) is 0 Å². The summed E-state index contributed by atoms with van der Waals surface area (Å²) in [5, 5.41) is 15.4. The monoisotopic (exact) mass is 742 g/mol. The van der Waals surface area contributed by atoms with Gasteiger partial charge in [0.1, 0.15) is 0 Å². The van der Waals surface area contributed by atoms with Gasteiger partial charge in [-0.1, -0.05) is 0 Å². The zero-order chi connectivity index (χ0) is 34.2. The molecule has 0 saturated heterocycles. The van der Waals surface area contributed by atoms with Crippen LogP contribution in [0.4, 0.5) is 0 Å². The maximum atomic E-state index is 2.51. The summed E-state index contributed by atoms with van der Waals surface area (Å²) in [5.41, 5.74) is 9.13. The summed E-state index contributed by atoms with van der Waals surface area (Å²) < 4.78 is 2.92. The maximum absolute atomic E-state index is 2.51. The molecule has 2 heterocycles. The Morgan fingerprint density at radius 2 is 0.846 bits per heavy atom. The summed E-state index contributed by atoms with van der Waals surface area (Å²) >= 11 is 2.05. The Morgan fingerprint density at radius 1 is 0.327 bits per heavy atom. The second-order valence-corrected chi connectivity index (χ2v) is 16.7. The standard InChI is InChI=1S/C50H30SSe/c1-2-14-31(15-3-1)46-33-16-4-6-18-35(33)47(36-19-7-5-17-34(36)46)32-27-28-44-42(30-32)50-41(24-12-26-45(50)52-44)48-37-20-8-10-22-39(37)49(43-25-13-29-51-43)40-23-11-9-21-38(40)48/h1-30H. The predicted molar refractivity (Wildman–Crippen MR) is 228 cm³/mol. The molecular weight excluding hydrogens is 712 g/mol. The van der Waals surface area contributed by atoms with E-state index in [2.05, 4.69) is 181 Å². The molecule has 52 heavy (non-hydrogen) atoms. The summed E-state index contributed by atoms with van der Waals surface area (Å²) in [6, 6.07) is 65.7. The number of hydrogen-bond acceptors (Lipinski definition) is 1. The molecule has 0 bridgehead atoms. The molecule has 11 aromatic rings. The molecule has 0 amide bonds. The molecular formula is C50H30SSe. The van der Waals surface area contributed by atoms with E-state index in [1.54, 1.807) is 0 Å². The predicted octanol–water partition coefficient (Wildman–Crippen LogP) is 14.4. The van der Waals surface area contributed by atoms with Gasteiger partial charge in [0.2, 0.25) is 0 Å². The van der Waals surface area contributed by atoms with Gasteiger partial charge >= 0.3 is 313 Å². The van der Waals surface area contributed by atoms with E-state index in [0.29, 0.717) is 0 Å². The molecule has 0 radical (unpaired) electrons. The van der Waals surface area contributed by atoms with Crippen molar-refractivity contribution in [3.63, 3.8) is 0 Å². The normalized spacial score (nSPS) is 11.8. The Hall–Kier alpha value is -5.76. The van der Waals surface area contributed by atoms with Gasteiger partial charge < -0.3 is 0 Å². The van der Waals surface area contributed by atoms with Crippen LogP contribution in [0, 0.1) is 0 Å². The molecule has 0 aliphatic heterocycles. The number of thiophene rings is 1. The Kier molecular flexibility index (Phi) is 6.85. The molecule has 2 aromatic heterocycles. The van der Waals surface area contributed by atoms with Crippen molar-refractivity contribution in [3.8, 4) is 43.8 Å². The molecule has 0 nitrogen and oxygen atoms in total. The third-order valence-corrected chi connectivity index (χ3v) is 14.0. The zero-order valence-corrected chi connectivity index (χ0v) is 30.7. The molecule has 242 valence electrons. The molecule has 0 spiro atoms. The minimum absolute atomic E-state index is 0.225. The fraction of sp³-hybridized carbons (Fsp3) is 0. The van der Waals surface area contributed by atoms with Crippen molar-refractivity contribution in [1.29, 1.82) is 0 Å². The molecule has 9 aromatic carbocycles. The number of hydrogen-bond donors (Lipinski definition) is 0. The van der Waals surface area contributed by atoms with Gasteiger partial charge in [-0.05, 0) is 0 Å². The molecule has 0 unspecified atom stereocenters. The molecule has 0 aliphatic rings. The van der Waals surface area contributed by atoms with Crippen molar-refractivity contribution in [2.24, 2.45) is 0 Å². The average molecular weight is 742 g/mol. The molecule has 0 saturated carbocycles. The summed E-state index contributed by atoms with van der Waals surface area (Å²) in [4.78, 5) is 1.31. The first-order valence-electron chi connectivity index (χ1n) is 17.8. The van der Waals surface area contributed by atoms with Crippen LogP contribution in [0.2, 0.25) is 0 Å². The Morgan fingerprint density at radius 3 is 1.40 bits per heavy atom. The van der Waals surface area contributed by atoms with Gasteiger partial charge in [0.25, 0.3) is 0 Å². The van der Waals surface area contributed by atoms with E-state index in [0.717, 1.165) is 0 Å². The van der Waals surface area contributed by atoms with Crippen LogP contribution in [0.25, 0.3) is 106 Å². The first-order valence-corrected chi connectivity index (χ1v) is 20.3. The van der Waals surface area contributed by atoms with E-state index < -0.39 is 0 Å². The first kappa shape index (κ1) is 29.9. The summed E-state index contributed by atoms with van der Waals surface area (Å²) in [6.07, 6.45) is 0. The molecule has 0 N–H and O–H groups in total. The van der Waals surface area contributed by atoms with E-state index >= 15 is 0 Å². The SMILES string of the molecule is c1ccc(-c2c3ccccc3c(-c3ccc4[se]c5cccc(-c6c7ccccc7c(-c7cccs7)c7ccccc67)c5c4c3)c3ccccc23)cc1. The molecule has 2 heteroatoms. The van der Waals surface area contributed by atoms with Gasteiger partial charge in [0.15, 0.2) is 0 Å². The van der Waals surface area contributed by atoms with Crippen molar-refractivity contribution in [2.75, 3.05) is 0 Å². The Labute approximate surface area is 311 Å². The van der Waals surface area contributed by atoms with E-state index in [4.69, 9.17) is 0 Å². The summed E-state index contributed by atoms with van der Waals surface area (Å²) in [5.74, 6) is 0. The second kappa shape index (κ2) is 11.9. The molecule has 11 rings (SSSR count). The van der Waals surface area contributed by atoms with Gasteiger partial charge in [-0.25, -0.2) is 0 Å².